The molecule has 0 aliphatic heterocycles. The van der Waals surface area contributed by atoms with Crippen molar-refractivity contribution in [2.75, 3.05) is 0 Å². The first-order chi connectivity index (χ1) is 15.9. The zero-order chi connectivity index (χ0) is 21.1. The lowest BCUT2D eigenvalue weighted by molar-refractivity contribution is 1.12. The lowest BCUT2D eigenvalue weighted by Crippen LogP contribution is -1.97. The van der Waals surface area contributed by atoms with Crippen molar-refractivity contribution in [1.29, 1.82) is 0 Å². The summed E-state index contributed by atoms with van der Waals surface area (Å²) in [6.07, 6.45) is 9.15. The van der Waals surface area contributed by atoms with Gasteiger partial charge >= 0.3 is 0 Å². The molecule has 1 aromatic carbocycles. The number of pyridine rings is 4. The van der Waals surface area contributed by atoms with E-state index in [1.54, 1.807) is 12.4 Å². The van der Waals surface area contributed by atoms with Crippen molar-refractivity contribution in [3.8, 4) is 11.4 Å². The Morgan fingerprint density at radius 2 is 1.19 bits per heavy atom. The van der Waals surface area contributed by atoms with Gasteiger partial charge in [-0.25, -0.2) is 4.98 Å². The van der Waals surface area contributed by atoms with E-state index in [2.05, 4.69) is 72.6 Å². The fourth-order valence-electron chi connectivity index (χ4n) is 4.62. The molecule has 6 aromatic heterocycles. The summed E-state index contributed by atoms with van der Waals surface area (Å²) in [4.78, 5) is 18.6. The van der Waals surface area contributed by atoms with Crippen LogP contribution in [0.15, 0.2) is 97.7 Å². The molecule has 0 atom stereocenters. The van der Waals surface area contributed by atoms with Gasteiger partial charge in [-0.1, -0.05) is 18.2 Å². The highest BCUT2D eigenvalue weighted by atomic mass is 15.1. The molecule has 32 heavy (non-hydrogen) atoms. The highest BCUT2D eigenvalue weighted by Crippen LogP contribution is 2.36. The maximum absolute atomic E-state index is 5.18. The Morgan fingerprint density at radius 3 is 1.94 bits per heavy atom. The summed E-state index contributed by atoms with van der Waals surface area (Å²) < 4.78 is 4.41. The van der Waals surface area contributed by atoms with Crippen molar-refractivity contribution >= 4 is 44.0 Å². The van der Waals surface area contributed by atoms with Crippen LogP contribution >= 0.6 is 0 Å². The van der Waals surface area contributed by atoms with E-state index in [1.807, 2.05) is 36.8 Å². The molecule has 7 aromatic rings. The van der Waals surface area contributed by atoms with Crippen molar-refractivity contribution in [1.82, 2.24) is 29.1 Å². The van der Waals surface area contributed by atoms with Crippen LogP contribution in [0, 0.1) is 0 Å². The summed E-state index contributed by atoms with van der Waals surface area (Å²) in [6.45, 7) is 0. The minimum atomic E-state index is 0.881. The molecule has 0 unspecified atom stereocenters. The molecule has 7 rings (SSSR count). The maximum Gasteiger partial charge on any atom is 0.116 e. The van der Waals surface area contributed by atoms with E-state index < -0.39 is 0 Å². The molecule has 6 nitrogen and oxygen atoms in total. The first-order valence-electron chi connectivity index (χ1n) is 10.4. The molecule has 0 fully saturated rings. The van der Waals surface area contributed by atoms with E-state index in [0.29, 0.717) is 0 Å². The second kappa shape index (κ2) is 6.46. The molecule has 0 amide bonds. The Hall–Kier alpha value is -4.58. The molecule has 6 heterocycles. The second-order valence-corrected chi connectivity index (χ2v) is 7.71. The molecule has 6 heteroatoms. The fraction of sp³-hybridized carbons (Fsp3) is 0. The third kappa shape index (κ3) is 2.29. The van der Waals surface area contributed by atoms with Crippen LogP contribution in [-0.2, 0) is 0 Å². The van der Waals surface area contributed by atoms with Crippen molar-refractivity contribution in [2.45, 2.75) is 0 Å². The van der Waals surface area contributed by atoms with Crippen LogP contribution < -0.4 is 0 Å². The monoisotopic (exact) mass is 412 g/mol. The number of hydrogen-bond acceptors (Lipinski definition) is 4. The Bertz CT molecular complexity index is 1640. The van der Waals surface area contributed by atoms with E-state index in [9.17, 15) is 0 Å². The van der Waals surface area contributed by atoms with Crippen LogP contribution in [0.2, 0.25) is 0 Å². The molecule has 150 valence electrons. The SMILES string of the molecule is c1cncc(-n2c3ccccc3c3nc4c5ncccc5n(-c5cccnc5)c4cc32)c1. The lowest BCUT2D eigenvalue weighted by Gasteiger charge is -2.08. The Morgan fingerprint density at radius 1 is 0.531 bits per heavy atom. The summed E-state index contributed by atoms with van der Waals surface area (Å²) in [6, 6.07) is 22.6. The van der Waals surface area contributed by atoms with Crippen molar-refractivity contribution in [3.05, 3.63) is 97.7 Å². The third-order valence-electron chi connectivity index (χ3n) is 5.92. The number of para-hydroxylation sites is 1. The van der Waals surface area contributed by atoms with E-state index in [4.69, 9.17) is 4.98 Å². The summed E-state index contributed by atoms with van der Waals surface area (Å²) >= 11 is 0. The first kappa shape index (κ1) is 17.1. The predicted octanol–water partition coefficient (Wildman–Crippen LogP) is 5.46. The van der Waals surface area contributed by atoms with E-state index >= 15 is 0 Å². The predicted molar refractivity (Wildman–Crippen MR) is 126 cm³/mol. The van der Waals surface area contributed by atoms with Gasteiger partial charge in [-0.15, -0.1) is 0 Å². The van der Waals surface area contributed by atoms with Crippen LogP contribution in [0.1, 0.15) is 0 Å². The van der Waals surface area contributed by atoms with Crippen molar-refractivity contribution in [2.24, 2.45) is 0 Å². The smallest absolute Gasteiger partial charge is 0.116 e. The van der Waals surface area contributed by atoms with Gasteiger partial charge in [-0.2, -0.15) is 0 Å². The van der Waals surface area contributed by atoms with Crippen molar-refractivity contribution in [3.63, 3.8) is 0 Å². The number of benzene rings is 1. The van der Waals surface area contributed by atoms with Gasteiger partial charge in [0, 0.05) is 24.0 Å². The van der Waals surface area contributed by atoms with Gasteiger partial charge < -0.3 is 9.13 Å². The fourth-order valence-corrected chi connectivity index (χ4v) is 4.62. The van der Waals surface area contributed by atoms with Crippen LogP contribution in [0.3, 0.4) is 0 Å². The van der Waals surface area contributed by atoms with Crippen LogP contribution in [0.4, 0.5) is 0 Å². The topological polar surface area (TPSA) is 61.4 Å². The molecular weight excluding hydrogens is 396 g/mol. The maximum atomic E-state index is 5.18. The van der Waals surface area contributed by atoms with Crippen LogP contribution in [0.5, 0.6) is 0 Å². The largest absolute Gasteiger partial charge is 0.306 e. The molecular formula is C26H16N6. The number of nitrogens with zero attached hydrogens (tertiary/aromatic N) is 6. The standard InChI is InChI=1S/C26H16N6/c1-2-9-20-19(8-1)24-22(31(20)17-6-3-11-27-15-17)14-23-26(30-24)25-21(10-5-13-29-25)32(23)18-7-4-12-28-16-18/h1-16H. The summed E-state index contributed by atoms with van der Waals surface area (Å²) in [7, 11) is 0. The van der Waals surface area contributed by atoms with Gasteiger partial charge in [-0.3, -0.25) is 15.0 Å². The molecule has 0 N–H and O–H groups in total. The first-order valence-corrected chi connectivity index (χ1v) is 10.4. The second-order valence-electron chi connectivity index (χ2n) is 7.71. The van der Waals surface area contributed by atoms with Gasteiger partial charge in [0.2, 0.25) is 0 Å². The minimum Gasteiger partial charge on any atom is -0.306 e. The molecule has 0 radical (unpaired) electrons. The Labute approximate surface area is 182 Å². The minimum absolute atomic E-state index is 0.881. The van der Waals surface area contributed by atoms with Crippen molar-refractivity contribution < 1.29 is 0 Å². The normalized spacial score (nSPS) is 11.8. The number of rotatable bonds is 2. The van der Waals surface area contributed by atoms with Crippen LogP contribution in [0.25, 0.3) is 55.4 Å². The van der Waals surface area contributed by atoms with Gasteiger partial charge in [0.1, 0.15) is 11.0 Å². The van der Waals surface area contributed by atoms with E-state index in [1.165, 1.54) is 0 Å². The molecule has 0 saturated carbocycles. The molecule has 0 aliphatic rings. The summed E-state index contributed by atoms with van der Waals surface area (Å²) in [5.41, 5.74) is 8.82. The van der Waals surface area contributed by atoms with Crippen LogP contribution in [-0.4, -0.2) is 29.1 Å². The molecule has 0 saturated heterocycles. The zero-order valence-electron chi connectivity index (χ0n) is 16.9. The lowest BCUT2D eigenvalue weighted by atomic mass is 10.2. The summed E-state index contributed by atoms with van der Waals surface area (Å²) in [5.74, 6) is 0. The molecule has 0 spiro atoms. The van der Waals surface area contributed by atoms with Gasteiger partial charge in [0.05, 0.1) is 51.4 Å². The van der Waals surface area contributed by atoms with E-state index in [0.717, 1.165) is 55.4 Å². The number of fused-ring (bicyclic) bond motifs is 6. The van der Waals surface area contributed by atoms with Gasteiger partial charge in [0.25, 0.3) is 0 Å². The Balaban J connectivity index is 1.71. The highest BCUT2D eigenvalue weighted by molar-refractivity contribution is 6.14. The summed E-state index contributed by atoms with van der Waals surface area (Å²) in [5, 5.41) is 1.10. The number of hydrogen-bond donors (Lipinski definition) is 0. The van der Waals surface area contributed by atoms with Gasteiger partial charge in [-0.05, 0) is 48.5 Å². The average molecular weight is 412 g/mol. The highest BCUT2D eigenvalue weighted by Gasteiger charge is 2.19. The average Bonchev–Trinajstić information content (AvgIpc) is 3.36. The Kier molecular flexibility index (Phi) is 3.46. The number of aromatic nitrogens is 6. The van der Waals surface area contributed by atoms with E-state index in [-0.39, 0.29) is 0 Å². The zero-order valence-corrected chi connectivity index (χ0v) is 16.9. The molecule has 0 bridgehead atoms. The van der Waals surface area contributed by atoms with Gasteiger partial charge in [0.15, 0.2) is 0 Å². The quantitative estimate of drug-likeness (QED) is 0.378. The third-order valence-corrected chi connectivity index (χ3v) is 5.92. The molecule has 0 aliphatic carbocycles.